The lowest BCUT2D eigenvalue weighted by Gasteiger charge is -2.29. The summed E-state index contributed by atoms with van der Waals surface area (Å²) in [6.45, 7) is 4.21. The van der Waals surface area contributed by atoms with Gasteiger partial charge in [0, 0.05) is 20.0 Å². The minimum Gasteiger partial charge on any atom is -0.481 e. The van der Waals surface area contributed by atoms with Crippen LogP contribution in [-0.4, -0.2) is 35.0 Å². The average molecular weight is 170 g/mol. The fourth-order valence-corrected chi connectivity index (χ4v) is 1.41. The Morgan fingerprint density at radius 3 is 2.67 bits per heavy atom. The van der Waals surface area contributed by atoms with Gasteiger partial charge in [0.05, 0.1) is 5.92 Å². The van der Waals surface area contributed by atoms with Crippen LogP contribution < -0.4 is 0 Å². The highest BCUT2D eigenvalue weighted by Crippen LogP contribution is 2.16. The number of rotatable bonds is 1. The Bertz CT molecular complexity index is 182. The van der Waals surface area contributed by atoms with Crippen LogP contribution in [0.1, 0.15) is 12.8 Å². The van der Waals surface area contributed by atoms with Gasteiger partial charge >= 0.3 is 5.97 Å². The second kappa shape index (κ2) is 3.56. The number of carboxylic acids is 1. The average Bonchev–Trinajstić information content (AvgIpc) is 2.04. The first-order valence-electron chi connectivity index (χ1n) is 3.95. The van der Waals surface area contributed by atoms with Crippen molar-refractivity contribution in [1.82, 2.24) is 4.90 Å². The van der Waals surface area contributed by atoms with Crippen molar-refractivity contribution < 1.29 is 14.7 Å². The molecule has 4 nitrogen and oxygen atoms in total. The molecule has 1 saturated heterocycles. The lowest BCUT2D eigenvalue weighted by molar-refractivity contribution is -0.144. The second-order valence-electron chi connectivity index (χ2n) is 3.02. The standard InChI is InChI=1S/C8H12NO3/c1-6(10)9-4-2-3-7(5-9)8(11)12/h7H,1-5H2,(H,11,12). The number of piperidine rings is 1. The summed E-state index contributed by atoms with van der Waals surface area (Å²) in [6, 6.07) is 0. The monoisotopic (exact) mass is 170 g/mol. The van der Waals surface area contributed by atoms with Crippen LogP contribution in [0.5, 0.6) is 0 Å². The molecule has 0 bridgehead atoms. The largest absolute Gasteiger partial charge is 0.481 e. The number of amides is 1. The van der Waals surface area contributed by atoms with Crippen molar-refractivity contribution in [2.45, 2.75) is 12.8 Å². The molecule has 1 atom stereocenters. The lowest BCUT2D eigenvalue weighted by Crippen LogP contribution is -2.41. The number of hydrogen-bond donors (Lipinski definition) is 1. The topological polar surface area (TPSA) is 57.6 Å². The fraction of sp³-hybridized carbons (Fsp3) is 0.625. The fourth-order valence-electron chi connectivity index (χ4n) is 1.41. The molecule has 1 aliphatic rings. The van der Waals surface area contributed by atoms with E-state index in [4.69, 9.17) is 5.11 Å². The minimum absolute atomic E-state index is 0.277. The van der Waals surface area contributed by atoms with Crippen molar-refractivity contribution in [2.24, 2.45) is 5.92 Å². The molecule has 0 aromatic carbocycles. The molecule has 0 aliphatic carbocycles. The Labute approximate surface area is 71.2 Å². The van der Waals surface area contributed by atoms with Gasteiger partial charge in [0.25, 0.3) is 0 Å². The predicted octanol–water partition coefficient (Wildman–Crippen LogP) is 0.144. The maximum Gasteiger partial charge on any atom is 0.308 e. The Hall–Kier alpha value is -1.06. The normalized spacial score (nSPS) is 23.8. The molecule has 1 unspecified atom stereocenters. The van der Waals surface area contributed by atoms with Gasteiger partial charge in [-0.3, -0.25) is 9.59 Å². The van der Waals surface area contributed by atoms with E-state index in [1.54, 1.807) is 0 Å². The second-order valence-corrected chi connectivity index (χ2v) is 3.02. The number of carbonyl (C=O) groups excluding carboxylic acids is 1. The van der Waals surface area contributed by atoms with Crippen molar-refractivity contribution in [3.63, 3.8) is 0 Å². The molecule has 0 spiro atoms. The Kier molecular flexibility index (Phi) is 2.68. The maximum absolute atomic E-state index is 10.8. The summed E-state index contributed by atoms with van der Waals surface area (Å²) >= 11 is 0. The molecule has 12 heavy (non-hydrogen) atoms. The highest BCUT2D eigenvalue weighted by atomic mass is 16.4. The molecular formula is C8H12NO3. The number of aliphatic carboxylic acids is 1. The molecule has 1 amide bonds. The third kappa shape index (κ3) is 1.96. The summed E-state index contributed by atoms with van der Waals surface area (Å²) in [5, 5.41) is 8.68. The molecule has 1 radical (unpaired) electrons. The van der Waals surface area contributed by atoms with E-state index in [9.17, 15) is 9.59 Å². The predicted molar refractivity (Wildman–Crippen MR) is 42.3 cm³/mol. The van der Waals surface area contributed by atoms with E-state index in [1.807, 2.05) is 0 Å². The van der Waals surface area contributed by atoms with E-state index in [0.717, 1.165) is 6.42 Å². The van der Waals surface area contributed by atoms with Gasteiger partial charge in [-0.15, -0.1) is 0 Å². The molecule has 0 aromatic heterocycles. The van der Waals surface area contributed by atoms with E-state index in [0.29, 0.717) is 19.5 Å². The van der Waals surface area contributed by atoms with Gasteiger partial charge in [-0.1, -0.05) is 0 Å². The Balaban J connectivity index is 2.51. The van der Waals surface area contributed by atoms with Crippen molar-refractivity contribution in [3.05, 3.63) is 6.92 Å². The number of carboxylic acid groups (broad SMARTS) is 1. The smallest absolute Gasteiger partial charge is 0.308 e. The number of likely N-dealkylation sites (tertiary alicyclic amines) is 1. The molecule has 4 heteroatoms. The van der Waals surface area contributed by atoms with Crippen LogP contribution in [0, 0.1) is 12.8 Å². The van der Waals surface area contributed by atoms with Gasteiger partial charge in [0.2, 0.25) is 5.91 Å². The molecule has 67 valence electrons. The zero-order valence-corrected chi connectivity index (χ0v) is 6.82. The molecule has 1 rings (SSSR count). The van der Waals surface area contributed by atoms with Crippen molar-refractivity contribution in [3.8, 4) is 0 Å². The van der Waals surface area contributed by atoms with Gasteiger partial charge in [0.15, 0.2) is 0 Å². The van der Waals surface area contributed by atoms with Crippen LogP contribution >= 0.6 is 0 Å². The maximum atomic E-state index is 10.8. The number of carbonyl (C=O) groups is 2. The van der Waals surface area contributed by atoms with Crippen LogP contribution in [0.25, 0.3) is 0 Å². The number of hydrogen-bond acceptors (Lipinski definition) is 2. The highest BCUT2D eigenvalue weighted by Gasteiger charge is 2.26. The third-order valence-electron chi connectivity index (χ3n) is 2.12. The third-order valence-corrected chi connectivity index (χ3v) is 2.12. The van der Waals surface area contributed by atoms with E-state index >= 15 is 0 Å². The summed E-state index contributed by atoms with van der Waals surface area (Å²) in [5.41, 5.74) is 0. The van der Waals surface area contributed by atoms with Crippen molar-refractivity contribution in [2.75, 3.05) is 13.1 Å². The van der Waals surface area contributed by atoms with E-state index in [-0.39, 0.29) is 5.91 Å². The molecule has 1 N–H and O–H groups in total. The van der Waals surface area contributed by atoms with Gasteiger partial charge < -0.3 is 10.0 Å². The molecule has 1 fully saturated rings. The summed E-state index contributed by atoms with van der Waals surface area (Å²) in [7, 11) is 0. The summed E-state index contributed by atoms with van der Waals surface area (Å²) in [6.07, 6.45) is 1.43. The number of nitrogens with zero attached hydrogens (tertiary/aromatic N) is 1. The quantitative estimate of drug-likeness (QED) is 0.609. The highest BCUT2D eigenvalue weighted by molar-refractivity contribution is 5.81. The van der Waals surface area contributed by atoms with Crippen molar-refractivity contribution >= 4 is 11.9 Å². The molecular weight excluding hydrogens is 158 g/mol. The first-order valence-corrected chi connectivity index (χ1v) is 3.95. The molecule has 1 aliphatic heterocycles. The van der Waals surface area contributed by atoms with Gasteiger partial charge in [-0.2, -0.15) is 0 Å². The summed E-state index contributed by atoms with van der Waals surface area (Å²) in [4.78, 5) is 22.8. The van der Waals surface area contributed by atoms with E-state index in [2.05, 4.69) is 6.92 Å². The summed E-state index contributed by atoms with van der Waals surface area (Å²) in [5.74, 6) is -1.49. The Morgan fingerprint density at radius 1 is 1.50 bits per heavy atom. The zero-order chi connectivity index (χ0) is 9.14. The van der Waals surface area contributed by atoms with Gasteiger partial charge in [0.1, 0.15) is 0 Å². The van der Waals surface area contributed by atoms with Crippen LogP contribution in [0.3, 0.4) is 0 Å². The van der Waals surface area contributed by atoms with Gasteiger partial charge in [-0.25, -0.2) is 0 Å². The van der Waals surface area contributed by atoms with Gasteiger partial charge in [-0.05, 0) is 12.8 Å². The molecule has 1 heterocycles. The van der Waals surface area contributed by atoms with Crippen LogP contribution in [-0.2, 0) is 9.59 Å². The van der Waals surface area contributed by atoms with E-state index in [1.165, 1.54) is 4.90 Å². The van der Waals surface area contributed by atoms with E-state index < -0.39 is 11.9 Å². The zero-order valence-electron chi connectivity index (χ0n) is 6.82. The lowest BCUT2D eigenvalue weighted by atomic mass is 9.98. The Morgan fingerprint density at radius 2 is 2.17 bits per heavy atom. The minimum atomic E-state index is -0.819. The summed E-state index contributed by atoms with van der Waals surface area (Å²) < 4.78 is 0. The van der Waals surface area contributed by atoms with Crippen molar-refractivity contribution in [1.29, 1.82) is 0 Å². The van der Waals surface area contributed by atoms with Crippen LogP contribution in [0.4, 0.5) is 0 Å². The van der Waals surface area contributed by atoms with Crippen LogP contribution in [0.15, 0.2) is 0 Å². The first kappa shape index (κ1) is 9.03. The first-order chi connectivity index (χ1) is 5.61. The molecule has 0 saturated carbocycles. The van der Waals surface area contributed by atoms with Crippen LogP contribution in [0.2, 0.25) is 0 Å². The SMILES string of the molecule is [CH2]C(=O)N1CCCC(C(=O)O)C1. The molecule has 0 aromatic rings.